The van der Waals surface area contributed by atoms with E-state index in [4.69, 9.17) is 22.7 Å². The Morgan fingerprint density at radius 1 is 1.03 bits per heavy atom. The van der Waals surface area contributed by atoms with E-state index in [2.05, 4.69) is 36.1 Å². The molecule has 0 saturated heterocycles. The lowest BCUT2D eigenvalue weighted by Gasteiger charge is -2.10. The summed E-state index contributed by atoms with van der Waals surface area (Å²) in [4.78, 5) is 8.61. The topological polar surface area (TPSA) is 140 Å². The molecule has 0 aliphatic rings. The van der Waals surface area contributed by atoms with Crippen molar-refractivity contribution in [3.8, 4) is 0 Å². The van der Waals surface area contributed by atoms with E-state index in [0.29, 0.717) is 28.9 Å². The van der Waals surface area contributed by atoms with Crippen molar-refractivity contribution in [2.45, 2.75) is 6.54 Å². The molecule has 4 rings (SSSR count). The molecule has 0 aliphatic heterocycles. The van der Waals surface area contributed by atoms with Crippen LogP contribution >= 0.6 is 11.6 Å². The minimum absolute atomic E-state index is 0.0736. The number of nitrogens with zero attached hydrogens (tertiary/aromatic N) is 3. The van der Waals surface area contributed by atoms with Crippen molar-refractivity contribution in [2.24, 2.45) is 5.73 Å². The average Bonchev–Trinajstić information content (AvgIpc) is 3.11. The summed E-state index contributed by atoms with van der Waals surface area (Å²) in [6, 6.07) is 15.1. The molecule has 2 aromatic heterocycles. The molecule has 146 valence electrons. The second kappa shape index (κ2) is 8.03. The molecule has 0 fully saturated rings. The van der Waals surface area contributed by atoms with Gasteiger partial charge in [-0.05, 0) is 35.9 Å². The smallest absolute Gasteiger partial charge is 0.185 e. The quantitative estimate of drug-likeness (QED) is 0.212. The van der Waals surface area contributed by atoms with Gasteiger partial charge in [0.05, 0.1) is 0 Å². The van der Waals surface area contributed by atoms with Crippen molar-refractivity contribution in [2.75, 3.05) is 10.6 Å². The first-order valence-corrected chi connectivity index (χ1v) is 9.12. The van der Waals surface area contributed by atoms with Crippen LogP contribution in [0.3, 0.4) is 0 Å². The summed E-state index contributed by atoms with van der Waals surface area (Å²) < 4.78 is 0. The van der Waals surface area contributed by atoms with Crippen LogP contribution in [0.1, 0.15) is 5.56 Å². The lowest BCUT2D eigenvalue weighted by atomic mass is 10.2. The minimum Gasteiger partial charge on any atom is -0.370 e. The summed E-state index contributed by atoms with van der Waals surface area (Å²) in [6.07, 6.45) is 1.46. The summed E-state index contributed by atoms with van der Waals surface area (Å²) in [5, 5.41) is 25.2. The molecule has 29 heavy (non-hydrogen) atoms. The number of aromatic amines is 1. The van der Waals surface area contributed by atoms with Crippen LogP contribution in [0.15, 0.2) is 54.9 Å². The fourth-order valence-corrected chi connectivity index (χ4v) is 3.03. The number of rotatable bonds is 6. The van der Waals surface area contributed by atoms with E-state index in [0.717, 1.165) is 22.3 Å². The summed E-state index contributed by atoms with van der Waals surface area (Å²) in [6.45, 7) is 0.455. The summed E-state index contributed by atoms with van der Waals surface area (Å²) in [5.74, 6) is 1.11. The van der Waals surface area contributed by atoms with Crippen LogP contribution in [0.4, 0.5) is 23.0 Å². The van der Waals surface area contributed by atoms with Gasteiger partial charge < -0.3 is 21.7 Å². The molecule has 0 radical (unpaired) electrons. The molecule has 0 aliphatic carbocycles. The summed E-state index contributed by atoms with van der Waals surface area (Å²) in [7, 11) is 0. The summed E-state index contributed by atoms with van der Waals surface area (Å²) in [5.41, 5.74) is 8.56. The van der Waals surface area contributed by atoms with Crippen LogP contribution in [0.5, 0.6) is 0 Å². The van der Waals surface area contributed by atoms with Crippen molar-refractivity contribution in [1.29, 1.82) is 5.41 Å². The maximum atomic E-state index is 7.28. The lowest BCUT2D eigenvalue weighted by Crippen LogP contribution is -2.29. The third kappa shape index (κ3) is 4.36. The molecular formula is C19H18ClN9. The number of hydrogen-bond donors (Lipinski definition) is 6. The molecule has 0 atom stereocenters. The maximum Gasteiger partial charge on any atom is 0.185 e. The van der Waals surface area contributed by atoms with E-state index in [1.807, 2.05) is 42.5 Å². The van der Waals surface area contributed by atoms with E-state index in [-0.39, 0.29) is 5.96 Å². The normalized spacial score (nSPS) is 10.7. The Kier molecular flexibility index (Phi) is 5.12. The molecule has 0 saturated carbocycles. The van der Waals surface area contributed by atoms with Gasteiger partial charge in [-0.3, -0.25) is 10.5 Å². The first kappa shape index (κ1) is 18.5. The number of halogens is 1. The zero-order chi connectivity index (χ0) is 20.2. The predicted molar refractivity (Wildman–Crippen MR) is 115 cm³/mol. The van der Waals surface area contributed by atoms with Crippen molar-refractivity contribution < 1.29 is 0 Å². The number of nitrogens with two attached hydrogens (primary N) is 1. The first-order chi connectivity index (χ1) is 14.1. The molecule has 4 aromatic rings. The highest BCUT2D eigenvalue weighted by Crippen LogP contribution is 2.30. The molecule has 0 spiro atoms. The lowest BCUT2D eigenvalue weighted by molar-refractivity contribution is 0.897. The second-order valence-corrected chi connectivity index (χ2v) is 6.68. The molecule has 2 aromatic carbocycles. The van der Waals surface area contributed by atoms with E-state index in [1.54, 1.807) is 6.07 Å². The highest BCUT2D eigenvalue weighted by molar-refractivity contribution is 6.30. The van der Waals surface area contributed by atoms with E-state index in [1.165, 1.54) is 6.33 Å². The van der Waals surface area contributed by atoms with Gasteiger partial charge in [0.15, 0.2) is 17.4 Å². The van der Waals surface area contributed by atoms with Crippen LogP contribution in [-0.2, 0) is 6.54 Å². The number of fused-ring (bicyclic) bond motifs is 1. The van der Waals surface area contributed by atoms with Gasteiger partial charge in [-0.2, -0.15) is 5.10 Å². The molecule has 9 nitrogen and oxygen atoms in total. The van der Waals surface area contributed by atoms with Gasteiger partial charge in [0.2, 0.25) is 0 Å². The summed E-state index contributed by atoms with van der Waals surface area (Å²) >= 11 is 6.08. The van der Waals surface area contributed by atoms with Crippen LogP contribution < -0.4 is 21.7 Å². The van der Waals surface area contributed by atoms with Gasteiger partial charge in [-0.1, -0.05) is 29.8 Å². The van der Waals surface area contributed by atoms with Gasteiger partial charge in [0, 0.05) is 22.9 Å². The number of H-pyrrole nitrogens is 1. The van der Waals surface area contributed by atoms with Gasteiger partial charge in [0.1, 0.15) is 17.5 Å². The van der Waals surface area contributed by atoms with Crippen LogP contribution in [0, 0.1) is 5.41 Å². The molecule has 7 N–H and O–H groups in total. The zero-order valence-corrected chi connectivity index (χ0v) is 16.0. The van der Waals surface area contributed by atoms with E-state index in [9.17, 15) is 0 Å². The SMILES string of the molecule is N=C(N)NCc1cccc(Nc2n[nH]c3ncnc(Nc4cccc(Cl)c4)c23)c1. The fraction of sp³-hybridized carbons (Fsp3) is 0.0526. The van der Waals surface area contributed by atoms with Gasteiger partial charge in [0.25, 0.3) is 0 Å². The third-order valence-corrected chi connectivity index (χ3v) is 4.35. The number of benzene rings is 2. The van der Waals surface area contributed by atoms with Crippen molar-refractivity contribution in [1.82, 2.24) is 25.5 Å². The fourth-order valence-electron chi connectivity index (χ4n) is 2.84. The molecule has 0 amide bonds. The van der Waals surface area contributed by atoms with E-state index < -0.39 is 0 Å². The maximum absolute atomic E-state index is 7.28. The highest BCUT2D eigenvalue weighted by atomic mass is 35.5. The number of nitrogens with one attached hydrogen (secondary N) is 5. The van der Waals surface area contributed by atoms with Crippen LogP contribution in [0.25, 0.3) is 11.0 Å². The van der Waals surface area contributed by atoms with Gasteiger partial charge in [-0.15, -0.1) is 0 Å². The Morgan fingerprint density at radius 2 is 1.79 bits per heavy atom. The van der Waals surface area contributed by atoms with Crippen LogP contribution in [0.2, 0.25) is 5.02 Å². The number of aromatic nitrogens is 4. The Labute approximate surface area is 171 Å². The Hall–Kier alpha value is -3.85. The largest absolute Gasteiger partial charge is 0.370 e. The molecule has 0 bridgehead atoms. The molecule has 2 heterocycles. The standard InChI is InChI=1S/C19H18ClN9/c20-12-4-2-6-14(8-12)26-16-15-17(25-10-24-16)28-29-18(15)27-13-5-1-3-11(7-13)9-23-19(21)22/h1-8,10H,9H2,(H4,21,22,23)(H3,24,25,26,27,28,29). The van der Waals surface area contributed by atoms with Crippen molar-refractivity contribution >= 4 is 51.6 Å². The minimum atomic E-state index is -0.0736. The Morgan fingerprint density at radius 3 is 2.59 bits per heavy atom. The number of guanidine groups is 1. The van der Waals surface area contributed by atoms with Crippen LogP contribution in [-0.4, -0.2) is 26.1 Å². The molecular weight excluding hydrogens is 390 g/mol. The monoisotopic (exact) mass is 407 g/mol. The van der Waals surface area contributed by atoms with Crippen molar-refractivity contribution in [3.63, 3.8) is 0 Å². The van der Waals surface area contributed by atoms with Gasteiger partial charge >= 0.3 is 0 Å². The van der Waals surface area contributed by atoms with Crippen molar-refractivity contribution in [3.05, 3.63) is 65.4 Å². The third-order valence-electron chi connectivity index (χ3n) is 4.12. The Bertz CT molecular complexity index is 1170. The zero-order valence-electron chi connectivity index (χ0n) is 15.2. The average molecular weight is 408 g/mol. The first-order valence-electron chi connectivity index (χ1n) is 8.74. The highest BCUT2D eigenvalue weighted by Gasteiger charge is 2.14. The second-order valence-electron chi connectivity index (χ2n) is 6.25. The molecule has 0 unspecified atom stereocenters. The van der Waals surface area contributed by atoms with E-state index >= 15 is 0 Å². The number of hydrogen-bond acceptors (Lipinski definition) is 6. The number of anilines is 4. The Balaban J connectivity index is 1.63. The van der Waals surface area contributed by atoms with Gasteiger partial charge in [-0.25, -0.2) is 9.97 Å². The molecule has 10 heteroatoms. The predicted octanol–water partition coefficient (Wildman–Crippen LogP) is 3.48.